The summed E-state index contributed by atoms with van der Waals surface area (Å²) in [7, 11) is 4.85. The van der Waals surface area contributed by atoms with Crippen molar-refractivity contribution in [3.63, 3.8) is 0 Å². The molecule has 0 radical (unpaired) electrons. The summed E-state index contributed by atoms with van der Waals surface area (Å²) >= 11 is 6.18. The van der Waals surface area contributed by atoms with Crippen molar-refractivity contribution < 1.29 is 14.6 Å². The highest BCUT2D eigenvalue weighted by Gasteiger charge is 2.23. The number of benzene rings is 1. The molecule has 0 amide bonds. The first-order valence-corrected chi connectivity index (χ1v) is 6.43. The second kappa shape index (κ2) is 7.55. The average molecular weight is 289 g/mol. The Morgan fingerprint density at radius 3 is 2.37 bits per heavy atom. The van der Waals surface area contributed by atoms with Crippen LogP contribution in [0, 0.1) is 0 Å². The number of nitrogens with two attached hydrogens (primary N) is 1. The zero-order valence-corrected chi connectivity index (χ0v) is 12.2. The molecule has 0 aliphatic heterocycles. The molecular weight excluding hydrogens is 268 g/mol. The zero-order chi connectivity index (χ0) is 14.4. The van der Waals surface area contributed by atoms with Gasteiger partial charge >= 0.3 is 0 Å². The van der Waals surface area contributed by atoms with Gasteiger partial charge in [0.25, 0.3) is 0 Å². The van der Waals surface area contributed by atoms with E-state index in [-0.39, 0.29) is 6.04 Å². The minimum atomic E-state index is -0.763. The second-order valence-corrected chi connectivity index (χ2v) is 4.55. The fraction of sp³-hybridized carbons (Fsp3) is 0.538. The smallest absolute Gasteiger partial charge is 0.162 e. The van der Waals surface area contributed by atoms with E-state index in [1.807, 2.05) is 0 Å². The lowest BCUT2D eigenvalue weighted by Gasteiger charge is -2.24. The highest BCUT2D eigenvalue weighted by molar-refractivity contribution is 6.31. The van der Waals surface area contributed by atoms with Gasteiger partial charge in [0.1, 0.15) is 0 Å². The maximum atomic E-state index is 10.4. The van der Waals surface area contributed by atoms with Crippen LogP contribution in [0.25, 0.3) is 0 Å². The van der Waals surface area contributed by atoms with E-state index in [0.717, 1.165) is 0 Å². The highest BCUT2D eigenvalue weighted by Crippen LogP contribution is 2.36. The third kappa shape index (κ3) is 3.73. The van der Waals surface area contributed by atoms with Crippen molar-refractivity contribution in [1.29, 1.82) is 0 Å². The van der Waals surface area contributed by atoms with E-state index in [4.69, 9.17) is 26.8 Å². The summed E-state index contributed by atoms with van der Waals surface area (Å²) in [5.41, 5.74) is 6.12. The molecule has 108 valence electrons. The Morgan fingerprint density at radius 2 is 1.89 bits per heavy atom. The van der Waals surface area contributed by atoms with E-state index in [0.29, 0.717) is 35.1 Å². The summed E-state index contributed by atoms with van der Waals surface area (Å²) in [5, 5.41) is 13.8. The van der Waals surface area contributed by atoms with Crippen molar-refractivity contribution in [2.45, 2.75) is 18.6 Å². The molecule has 2 unspecified atom stereocenters. The Morgan fingerprint density at radius 1 is 1.32 bits per heavy atom. The van der Waals surface area contributed by atoms with Crippen LogP contribution in [-0.2, 0) is 0 Å². The molecule has 0 aromatic heterocycles. The van der Waals surface area contributed by atoms with E-state index in [1.54, 1.807) is 19.2 Å². The lowest BCUT2D eigenvalue weighted by molar-refractivity contribution is 0.128. The molecule has 0 saturated heterocycles. The van der Waals surface area contributed by atoms with Gasteiger partial charge in [0.15, 0.2) is 11.5 Å². The molecule has 4 N–H and O–H groups in total. The van der Waals surface area contributed by atoms with Crippen molar-refractivity contribution in [2.75, 3.05) is 27.8 Å². The molecule has 1 aromatic rings. The molecule has 0 aliphatic rings. The van der Waals surface area contributed by atoms with Gasteiger partial charge in [-0.05, 0) is 26.1 Å². The Kier molecular flexibility index (Phi) is 6.37. The SMILES string of the molecule is CNC(CCN)C(O)c1cc(OC)c(OC)cc1Cl. The van der Waals surface area contributed by atoms with Crippen LogP contribution in [0.1, 0.15) is 18.1 Å². The van der Waals surface area contributed by atoms with Crippen LogP contribution in [0.15, 0.2) is 12.1 Å². The summed E-state index contributed by atoms with van der Waals surface area (Å²) in [6.07, 6.45) is -0.122. The minimum Gasteiger partial charge on any atom is -0.493 e. The maximum Gasteiger partial charge on any atom is 0.162 e. The Hall–Kier alpha value is -1.01. The maximum absolute atomic E-state index is 10.4. The topological polar surface area (TPSA) is 76.7 Å². The van der Waals surface area contributed by atoms with Gasteiger partial charge in [0.05, 0.1) is 25.3 Å². The lowest BCUT2D eigenvalue weighted by atomic mass is 9.99. The van der Waals surface area contributed by atoms with Gasteiger partial charge in [0, 0.05) is 17.7 Å². The molecule has 0 spiro atoms. The lowest BCUT2D eigenvalue weighted by Crippen LogP contribution is -2.34. The van der Waals surface area contributed by atoms with Gasteiger partial charge < -0.3 is 25.6 Å². The number of rotatable bonds is 7. The molecule has 1 aromatic carbocycles. The molecule has 6 heteroatoms. The van der Waals surface area contributed by atoms with Crippen molar-refractivity contribution in [2.24, 2.45) is 5.73 Å². The third-order valence-electron chi connectivity index (χ3n) is 3.05. The number of methoxy groups -OCH3 is 2. The number of likely N-dealkylation sites (N-methyl/N-ethyl adjacent to an activating group) is 1. The third-order valence-corrected chi connectivity index (χ3v) is 3.38. The standard InChI is InChI=1S/C13H21ClN2O3/c1-16-10(4-5-15)13(17)8-6-11(18-2)12(19-3)7-9(8)14/h6-7,10,13,16-17H,4-5,15H2,1-3H3. The summed E-state index contributed by atoms with van der Waals surface area (Å²) in [4.78, 5) is 0. The molecular formula is C13H21ClN2O3. The van der Waals surface area contributed by atoms with Crippen molar-refractivity contribution in [3.8, 4) is 11.5 Å². The molecule has 2 atom stereocenters. The minimum absolute atomic E-state index is 0.166. The molecule has 0 heterocycles. The van der Waals surface area contributed by atoms with Crippen LogP contribution in [0.4, 0.5) is 0 Å². The number of halogens is 1. The first kappa shape index (κ1) is 16.0. The van der Waals surface area contributed by atoms with Crippen LogP contribution < -0.4 is 20.5 Å². The first-order chi connectivity index (χ1) is 9.08. The molecule has 1 rings (SSSR count). The summed E-state index contributed by atoms with van der Waals surface area (Å²) in [6, 6.07) is 3.15. The van der Waals surface area contributed by atoms with Gasteiger partial charge in [-0.15, -0.1) is 0 Å². The number of hydrogen-bond donors (Lipinski definition) is 3. The van der Waals surface area contributed by atoms with Gasteiger partial charge in [-0.25, -0.2) is 0 Å². The van der Waals surface area contributed by atoms with E-state index in [2.05, 4.69) is 5.32 Å². The van der Waals surface area contributed by atoms with E-state index in [9.17, 15) is 5.11 Å². The summed E-state index contributed by atoms with van der Waals surface area (Å²) < 4.78 is 10.4. The summed E-state index contributed by atoms with van der Waals surface area (Å²) in [6.45, 7) is 0.480. The number of hydrogen-bond acceptors (Lipinski definition) is 5. The van der Waals surface area contributed by atoms with Crippen molar-refractivity contribution in [3.05, 3.63) is 22.7 Å². The van der Waals surface area contributed by atoms with Crippen LogP contribution in [0.2, 0.25) is 5.02 Å². The quantitative estimate of drug-likeness (QED) is 0.706. The van der Waals surface area contributed by atoms with Gasteiger partial charge in [-0.1, -0.05) is 11.6 Å². The number of aliphatic hydroxyl groups excluding tert-OH is 1. The monoisotopic (exact) mass is 288 g/mol. The van der Waals surface area contributed by atoms with Gasteiger partial charge in [-0.3, -0.25) is 0 Å². The fourth-order valence-electron chi connectivity index (χ4n) is 1.95. The molecule has 0 saturated carbocycles. The fourth-order valence-corrected chi connectivity index (χ4v) is 2.22. The second-order valence-electron chi connectivity index (χ2n) is 4.15. The number of aliphatic hydroxyl groups is 1. The first-order valence-electron chi connectivity index (χ1n) is 6.05. The van der Waals surface area contributed by atoms with E-state index < -0.39 is 6.10 Å². The van der Waals surface area contributed by atoms with E-state index in [1.165, 1.54) is 14.2 Å². The van der Waals surface area contributed by atoms with E-state index >= 15 is 0 Å². The molecule has 0 bridgehead atoms. The number of nitrogens with one attached hydrogen (secondary N) is 1. The molecule has 0 fully saturated rings. The largest absolute Gasteiger partial charge is 0.493 e. The Balaban J connectivity index is 3.11. The molecule has 19 heavy (non-hydrogen) atoms. The number of ether oxygens (including phenoxy) is 2. The van der Waals surface area contributed by atoms with Crippen LogP contribution in [0.3, 0.4) is 0 Å². The van der Waals surface area contributed by atoms with Crippen molar-refractivity contribution >= 4 is 11.6 Å². The van der Waals surface area contributed by atoms with Crippen LogP contribution >= 0.6 is 11.6 Å². The normalized spacial score (nSPS) is 14.0. The Bertz CT molecular complexity index is 415. The van der Waals surface area contributed by atoms with Crippen LogP contribution in [0.5, 0.6) is 11.5 Å². The predicted molar refractivity (Wildman–Crippen MR) is 76.0 cm³/mol. The van der Waals surface area contributed by atoms with Gasteiger partial charge in [-0.2, -0.15) is 0 Å². The van der Waals surface area contributed by atoms with Gasteiger partial charge in [0.2, 0.25) is 0 Å². The average Bonchev–Trinajstić information content (AvgIpc) is 2.43. The predicted octanol–water partition coefficient (Wildman–Crippen LogP) is 1.33. The van der Waals surface area contributed by atoms with Crippen molar-refractivity contribution in [1.82, 2.24) is 5.32 Å². The molecule has 0 aliphatic carbocycles. The summed E-state index contributed by atoms with van der Waals surface area (Å²) in [5.74, 6) is 1.06. The van der Waals surface area contributed by atoms with Crippen LogP contribution in [-0.4, -0.2) is 39.0 Å². The zero-order valence-electron chi connectivity index (χ0n) is 11.4. The molecule has 5 nitrogen and oxygen atoms in total. The Labute approximate surface area is 118 Å². The highest BCUT2D eigenvalue weighted by atomic mass is 35.5.